The van der Waals surface area contributed by atoms with E-state index in [0.717, 1.165) is 12.8 Å². The Morgan fingerprint density at radius 3 is 2.72 bits per heavy atom. The molecule has 1 amide bonds. The molecule has 1 saturated heterocycles. The van der Waals surface area contributed by atoms with Crippen LogP contribution in [0.15, 0.2) is 53.6 Å². The fourth-order valence-electron chi connectivity index (χ4n) is 5.41. The maximum Gasteiger partial charge on any atom is 0.259 e. The Balaban J connectivity index is 1.44. The normalized spacial score (nSPS) is 30.6. The number of sulfonamides is 1. The second-order valence-corrected chi connectivity index (χ2v) is 10.2. The lowest BCUT2D eigenvalue weighted by atomic mass is 9.88. The van der Waals surface area contributed by atoms with Crippen LogP contribution in [0.5, 0.6) is 0 Å². The smallest absolute Gasteiger partial charge is 0.259 e. The highest BCUT2D eigenvalue weighted by Gasteiger charge is 2.61. The maximum atomic E-state index is 13.4. The largest absolute Gasteiger partial charge is 0.391 e. The molecule has 5 rings (SSSR count). The summed E-state index contributed by atoms with van der Waals surface area (Å²) in [5.41, 5.74) is 0.284. The van der Waals surface area contributed by atoms with E-state index in [1.165, 1.54) is 21.3 Å². The molecule has 0 radical (unpaired) electrons. The maximum absolute atomic E-state index is 13.4. The number of rotatable bonds is 4. The van der Waals surface area contributed by atoms with E-state index in [4.69, 9.17) is 0 Å². The highest BCUT2D eigenvalue weighted by molar-refractivity contribution is 7.89. The SMILES string of the molecule is CN(C(=O)c1cccc(S(=O)(=O)N2C[C@@H]3C[C@H]4C[C@H]3[C@H]2[C@H]4O)c1)c1ccccn1. The summed E-state index contributed by atoms with van der Waals surface area (Å²) in [7, 11) is -2.18. The minimum absolute atomic E-state index is 0.0923. The number of hydrogen-bond donors (Lipinski definition) is 1. The van der Waals surface area contributed by atoms with Gasteiger partial charge in [0.25, 0.3) is 5.91 Å². The Labute approximate surface area is 170 Å². The van der Waals surface area contributed by atoms with E-state index in [0.29, 0.717) is 18.3 Å². The van der Waals surface area contributed by atoms with Crippen LogP contribution < -0.4 is 4.90 Å². The molecule has 1 N–H and O–H groups in total. The molecule has 2 aliphatic carbocycles. The number of anilines is 1. The van der Waals surface area contributed by atoms with E-state index < -0.39 is 16.1 Å². The molecule has 3 fully saturated rings. The van der Waals surface area contributed by atoms with Gasteiger partial charge in [0.05, 0.1) is 17.0 Å². The molecule has 2 heterocycles. The van der Waals surface area contributed by atoms with Crippen molar-refractivity contribution in [2.24, 2.45) is 17.8 Å². The molecule has 2 bridgehead atoms. The molecule has 5 atom stereocenters. The van der Waals surface area contributed by atoms with E-state index in [1.807, 2.05) is 0 Å². The number of benzene rings is 1. The fraction of sp³-hybridized carbons (Fsp3) is 0.429. The Kier molecular flexibility index (Phi) is 4.27. The third-order valence-corrected chi connectivity index (χ3v) is 8.65. The Bertz CT molecular complexity index is 1060. The zero-order valence-electron chi connectivity index (χ0n) is 16.0. The zero-order chi connectivity index (χ0) is 20.3. The third-order valence-electron chi connectivity index (χ3n) is 6.79. The van der Waals surface area contributed by atoms with Crippen LogP contribution in [0, 0.1) is 17.8 Å². The van der Waals surface area contributed by atoms with Crippen molar-refractivity contribution >= 4 is 21.7 Å². The number of carbonyl (C=O) groups excluding carboxylic acids is 1. The van der Waals surface area contributed by atoms with Crippen LogP contribution in [0.3, 0.4) is 0 Å². The zero-order valence-corrected chi connectivity index (χ0v) is 16.9. The Morgan fingerprint density at radius 2 is 2.00 bits per heavy atom. The number of fused-ring (bicyclic) bond motifs is 1. The average molecular weight is 413 g/mol. The number of hydrogen-bond acceptors (Lipinski definition) is 5. The van der Waals surface area contributed by atoms with Gasteiger partial charge in [0.2, 0.25) is 10.0 Å². The lowest BCUT2D eigenvalue weighted by Crippen LogP contribution is -2.43. The van der Waals surface area contributed by atoms with E-state index in [2.05, 4.69) is 4.98 Å². The van der Waals surface area contributed by atoms with Crippen molar-refractivity contribution in [2.45, 2.75) is 29.9 Å². The van der Waals surface area contributed by atoms with Gasteiger partial charge in [-0.25, -0.2) is 13.4 Å². The van der Waals surface area contributed by atoms with Gasteiger partial charge >= 0.3 is 0 Å². The fourth-order valence-corrected chi connectivity index (χ4v) is 7.20. The van der Waals surface area contributed by atoms with Crippen molar-refractivity contribution in [1.29, 1.82) is 0 Å². The summed E-state index contributed by atoms with van der Waals surface area (Å²) >= 11 is 0. The van der Waals surface area contributed by atoms with E-state index in [-0.39, 0.29) is 34.2 Å². The standard InChI is InChI=1S/C21H23N3O4S/c1-23(18-7-2-3-8-22-18)21(26)13-5-4-6-16(10-13)29(27,28)24-12-15-9-14-11-17(15)19(24)20(14)25/h2-8,10,14-15,17,19-20,25H,9,11-12H2,1H3/t14-,15-,17+,19-,20-/m0/s1. The van der Waals surface area contributed by atoms with Crippen molar-refractivity contribution in [1.82, 2.24) is 9.29 Å². The molecule has 8 heteroatoms. The van der Waals surface area contributed by atoms with E-state index >= 15 is 0 Å². The van der Waals surface area contributed by atoms with E-state index in [1.54, 1.807) is 43.6 Å². The van der Waals surface area contributed by atoms with Gasteiger partial charge in [-0.05, 0) is 60.9 Å². The number of aliphatic hydroxyl groups excluding tert-OH is 1. The number of aliphatic hydroxyl groups is 1. The molecule has 7 nitrogen and oxygen atoms in total. The van der Waals surface area contributed by atoms with Gasteiger partial charge in [-0.2, -0.15) is 4.31 Å². The van der Waals surface area contributed by atoms with Crippen molar-refractivity contribution in [3.63, 3.8) is 0 Å². The topological polar surface area (TPSA) is 90.8 Å². The first kappa shape index (κ1) is 18.7. The van der Waals surface area contributed by atoms with Gasteiger partial charge in [-0.1, -0.05) is 12.1 Å². The monoisotopic (exact) mass is 413 g/mol. The lowest BCUT2D eigenvalue weighted by molar-refractivity contribution is 0.0731. The molecular weight excluding hydrogens is 390 g/mol. The highest BCUT2D eigenvalue weighted by Crippen LogP contribution is 2.56. The predicted molar refractivity (Wildman–Crippen MR) is 107 cm³/mol. The number of carbonyl (C=O) groups is 1. The number of amides is 1. The summed E-state index contributed by atoms with van der Waals surface area (Å²) in [4.78, 5) is 18.5. The van der Waals surface area contributed by atoms with Crippen molar-refractivity contribution in [3.05, 3.63) is 54.2 Å². The minimum atomic E-state index is -3.79. The predicted octanol–water partition coefficient (Wildman–Crippen LogP) is 1.75. The van der Waals surface area contributed by atoms with Crippen LogP contribution in [0.25, 0.3) is 0 Å². The molecule has 29 heavy (non-hydrogen) atoms. The summed E-state index contributed by atoms with van der Waals surface area (Å²) in [5.74, 6) is 0.966. The van der Waals surface area contributed by atoms with E-state index in [9.17, 15) is 18.3 Å². The number of nitrogens with zero attached hydrogens (tertiary/aromatic N) is 3. The number of aromatic nitrogens is 1. The summed E-state index contributed by atoms with van der Waals surface area (Å²) in [6, 6.07) is 11.1. The molecule has 1 aromatic heterocycles. The summed E-state index contributed by atoms with van der Waals surface area (Å²) < 4.78 is 28.2. The minimum Gasteiger partial charge on any atom is -0.391 e. The average Bonchev–Trinajstić information content (AvgIpc) is 3.37. The molecule has 2 saturated carbocycles. The molecular formula is C21H23N3O4S. The molecule has 1 aliphatic heterocycles. The molecule has 1 aromatic carbocycles. The van der Waals surface area contributed by atoms with Gasteiger partial charge in [0, 0.05) is 25.4 Å². The van der Waals surface area contributed by atoms with Crippen LogP contribution in [0.1, 0.15) is 23.2 Å². The van der Waals surface area contributed by atoms with Gasteiger partial charge < -0.3 is 5.11 Å². The Hall–Kier alpha value is -2.29. The second kappa shape index (κ2) is 6.62. The van der Waals surface area contributed by atoms with Crippen LogP contribution >= 0.6 is 0 Å². The highest BCUT2D eigenvalue weighted by atomic mass is 32.2. The first-order valence-electron chi connectivity index (χ1n) is 9.87. The molecule has 0 unspecified atom stereocenters. The third kappa shape index (κ3) is 2.81. The summed E-state index contributed by atoms with van der Waals surface area (Å²) in [6.07, 6.45) is 2.83. The quantitative estimate of drug-likeness (QED) is 0.825. The first-order valence-corrected chi connectivity index (χ1v) is 11.3. The van der Waals surface area contributed by atoms with Gasteiger partial charge in [0.1, 0.15) is 5.82 Å². The van der Waals surface area contributed by atoms with Crippen LogP contribution in [-0.2, 0) is 10.0 Å². The van der Waals surface area contributed by atoms with Crippen molar-refractivity contribution in [2.75, 3.05) is 18.5 Å². The first-order chi connectivity index (χ1) is 13.9. The Morgan fingerprint density at radius 1 is 1.17 bits per heavy atom. The van der Waals surface area contributed by atoms with Crippen LogP contribution in [0.4, 0.5) is 5.82 Å². The second-order valence-electron chi connectivity index (χ2n) is 8.29. The van der Waals surface area contributed by atoms with Crippen LogP contribution in [-0.4, -0.2) is 54.5 Å². The molecule has 152 valence electrons. The van der Waals surface area contributed by atoms with Crippen molar-refractivity contribution < 1.29 is 18.3 Å². The number of pyridine rings is 1. The van der Waals surface area contributed by atoms with Gasteiger partial charge in [0.15, 0.2) is 0 Å². The van der Waals surface area contributed by atoms with Crippen molar-refractivity contribution in [3.8, 4) is 0 Å². The molecule has 0 spiro atoms. The summed E-state index contributed by atoms with van der Waals surface area (Å²) in [6.45, 7) is 0.456. The van der Waals surface area contributed by atoms with Gasteiger partial charge in [-0.15, -0.1) is 0 Å². The van der Waals surface area contributed by atoms with Crippen LogP contribution in [0.2, 0.25) is 0 Å². The lowest BCUT2D eigenvalue weighted by Gasteiger charge is -2.28. The summed E-state index contributed by atoms with van der Waals surface area (Å²) in [5, 5.41) is 10.6. The molecule has 3 aliphatic rings. The molecule has 2 aromatic rings. The van der Waals surface area contributed by atoms with Gasteiger partial charge in [-0.3, -0.25) is 9.69 Å².